The maximum atomic E-state index is 4.72. The number of hydrogen-bond acceptors (Lipinski definition) is 7. The molecule has 0 aliphatic rings. The van der Waals surface area contributed by atoms with Crippen molar-refractivity contribution in [2.45, 2.75) is 21.0 Å². The summed E-state index contributed by atoms with van der Waals surface area (Å²) in [4.78, 5) is 9.13. The average molecular weight is 448 g/mol. The first-order chi connectivity index (χ1) is 14.9. The van der Waals surface area contributed by atoms with E-state index in [2.05, 4.69) is 44.0 Å². The normalized spacial score (nSPS) is 11.2. The number of benzene rings is 2. The molecule has 0 fully saturated rings. The number of aromatic nitrogens is 5. The topological polar surface area (TPSA) is 56.5 Å². The summed E-state index contributed by atoms with van der Waals surface area (Å²) in [6, 6.07) is 24.4. The smallest absolute Gasteiger partial charge is 0.196 e. The number of hydrogen-bond donors (Lipinski definition) is 0. The van der Waals surface area contributed by atoms with Crippen molar-refractivity contribution in [2.24, 2.45) is 0 Å². The van der Waals surface area contributed by atoms with Gasteiger partial charge in [-0.05, 0) is 36.4 Å². The highest BCUT2D eigenvalue weighted by Crippen LogP contribution is 2.32. The number of nitrogens with zero attached hydrogens (tertiary/aromatic N) is 5. The molecule has 5 aromatic rings. The monoisotopic (exact) mass is 447 g/mol. The van der Waals surface area contributed by atoms with E-state index in [1.54, 1.807) is 34.9 Å². The Morgan fingerprint density at radius 1 is 0.800 bits per heavy atom. The Labute approximate surface area is 186 Å². The number of thioether (sulfide) groups is 2. The lowest BCUT2D eigenvalue weighted by Gasteiger charge is -2.09. The second-order valence-corrected chi connectivity index (χ2v) is 9.61. The van der Waals surface area contributed by atoms with Crippen LogP contribution in [0.5, 0.6) is 0 Å². The first-order valence-electron chi connectivity index (χ1n) is 9.37. The van der Waals surface area contributed by atoms with Crippen LogP contribution in [0, 0.1) is 0 Å². The number of thiazole rings is 1. The maximum absolute atomic E-state index is 4.72. The van der Waals surface area contributed by atoms with Crippen molar-refractivity contribution in [1.82, 2.24) is 24.7 Å². The lowest BCUT2D eigenvalue weighted by Crippen LogP contribution is -2.02. The van der Waals surface area contributed by atoms with E-state index in [-0.39, 0.29) is 0 Å². The van der Waals surface area contributed by atoms with Crippen molar-refractivity contribution in [1.29, 1.82) is 0 Å². The van der Waals surface area contributed by atoms with Gasteiger partial charge in [-0.2, -0.15) is 0 Å². The SMILES string of the molecule is c1ccc(-n2c(CSc3nc4ccccc4s3)nnc2SCc2ccccn2)cc1. The molecule has 30 heavy (non-hydrogen) atoms. The lowest BCUT2D eigenvalue weighted by atomic mass is 10.3. The summed E-state index contributed by atoms with van der Waals surface area (Å²) in [5.74, 6) is 2.36. The zero-order valence-electron chi connectivity index (χ0n) is 15.9. The van der Waals surface area contributed by atoms with Crippen molar-refractivity contribution in [2.75, 3.05) is 0 Å². The molecule has 0 unspecified atom stereocenters. The minimum atomic E-state index is 0.700. The third kappa shape index (κ3) is 4.26. The predicted molar refractivity (Wildman–Crippen MR) is 124 cm³/mol. The molecule has 0 saturated heterocycles. The molecule has 0 aliphatic heterocycles. The summed E-state index contributed by atoms with van der Waals surface area (Å²) in [6.07, 6.45) is 1.82. The molecule has 0 amide bonds. The summed E-state index contributed by atoms with van der Waals surface area (Å²) >= 11 is 5.06. The van der Waals surface area contributed by atoms with E-state index in [0.29, 0.717) is 5.75 Å². The van der Waals surface area contributed by atoms with Crippen LogP contribution in [0.25, 0.3) is 15.9 Å². The van der Waals surface area contributed by atoms with E-state index in [9.17, 15) is 0 Å². The molecule has 0 N–H and O–H groups in total. The minimum absolute atomic E-state index is 0.700. The molecule has 3 aromatic heterocycles. The van der Waals surface area contributed by atoms with Crippen LogP contribution in [0.15, 0.2) is 88.5 Å². The van der Waals surface area contributed by atoms with Crippen molar-refractivity contribution < 1.29 is 0 Å². The number of pyridine rings is 1. The van der Waals surface area contributed by atoms with Crippen molar-refractivity contribution in [3.05, 3.63) is 90.5 Å². The van der Waals surface area contributed by atoms with Gasteiger partial charge in [0, 0.05) is 17.6 Å². The zero-order valence-corrected chi connectivity index (χ0v) is 18.3. The van der Waals surface area contributed by atoms with Gasteiger partial charge in [0.25, 0.3) is 0 Å². The van der Waals surface area contributed by atoms with Gasteiger partial charge >= 0.3 is 0 Å². The Bertz CT molecular complexity index is 1220. The van der Waals surface area contributed by atoms with Gasteiger partial charge in [0.15, 0.2) is 9.50 Å². The van der Waals surface area contributed by atoms with E-state index < -0.39 is 0 Å². The lowest BCUT2D eigenvalue weighted by molar-refractivity contribution is 0.863. The van der Waals surface area contributed by atoms with Crippen molar-refractivity contribution in [3.63, 3.8) is 0 Å². The zero-order chi connectivity index (χ0) is 20.2. The standard InChI is InChI=1S/C22H17N5S3/c1-2-9-17(10-3-1)27-20(15-29-22-24-18-11-4-5-12-19(18)30-22)25-26-21(27)28-14-16-8-6-7-13-23-16/h1-13H,14-15H2. The first kappa shape index (κ1) is 19.3. The Morgan fingerprint density at radius 3 is 2.47 bits per heavy atom. The molecule has 0 bridgehead atoms. The fraction of sp³-hybridized carbons (Fsp3) is 0.0909. The van der Waals surface area contributed by atoms with Gasteiger partial charge in [-0.3, -0.25) is 9.55 Å². The molecule has 0 saturated carbocycles. The van der Waals surface area contributed by atoms with Gasteiger partial charge in [0.05, 0.1) is 21.7 Å². The summed E-state index contributed by atoms with van der Waals surface area (Å²) < 4.78 is 4.38. The fourth-order valence-corrected chi connectivity index (χ4v) is 5.85. The third-order valence-electron chi connectivity index (χ3n) is 4.39. The molecule has 5 nitrogen and oxygen atoms in total. The van der Waals surface area contributed by atoms with Crippen LogP contribution >= 0.6 is 34.9 Å². The molecular formula is C22H17N5S3. The molecule has 8 heteroatoms. The van der Waals surface area contributed by atoms with E-state index >= 15 is 0 Å². The number of rotatable bonds is 7. The number of fused-ring (bicyclic) bond motifs is 1. The minimum Gasteiger partial charge on any atom is -0.273 e. The Kier molecular flexibility index (Phi) is 5.78. The van der Waals surface area contributed by atoms with Crippen LogP contribution in [0.1, 0.15) is 11.5 Å². The van der Waals surface area contributed by atoms with Crippen LogP contribution in [0.4, 0.5) is 0 Å². The average Bonchev–Trinajstić information content (AvgIpc) is 3.41. The van der Waals surface area contributed by atoms with E-state index in [0.717, 1.165) is 38.0 Å². The van der Waals surface area contributed by atoms with Crippen LogP contribution < -0.4 is 0 Å². The van der Waals surface area contributed by atoms with Crippen LogP contribution in [-0.4, -0.2) is 24.7 Å². The quantitative estimate of drug-likeness (QED) is 0.291. The van der Waals surface area contributed by atoms with Gasteiger partial charge in [-0.25, -0.2) is 4.98 Å². The second-order valence-electron chi connectivity index (χ2n) is 6.42. The maximum Gasteiger partial charge on any atom is 0.196 e. The molecule has 0 aliphatic carbocycles. The van der Waals surface area contributed by atoms with Crippen LogP contribution in [0.3, 0.4) is 0 Å². The van der Waals surface area contributed by atoms with Crippen molar-refractivity contribution >= 4 is 45.1 Å². The molecular weight excluding hydrogens is 430 g/mol. The van der Waals surface area contributed by atoms with Gasteiger partial charge in [-0.15, -0.1) is 21.5 Å². The molecule has 0 atom stereocenters. The Balaban J connectivity index is 1.40. The fourth-order valence-electron chi connectivity index (χ4n) is 2.98. The second kappa shape index (κ2) is 8.99. The Morgan fingerprint density at radius 2 is 1.63 bits per heavy atom. The first-order valence-corrected chi connectivity index (χ1v) is 12.2. The predicted octanol–water partition coefficient (Wildman–Crippen LogP) is 5.86. The van der Waals surface area contributed by atoms with Gasteiger partial charge in [0.1, 0.15) is 5.82 Å². The van der Waals surface area contributed by atoms with Crippen LogP contribution in [-0.2, 0) is 11.5 Å². The molecule has 3 heterocycles. The third-order valence-corrected chi connectivity index (χ3v) is 7.53. The highest BCUT2D eigenvalue weighted by molar-refractivity contribution is 8.00. The summed E-state index contributed by atoms with van der Waals surface area (Å²) in [7, 11) is 0. The summed E-state index contributed by atoms with van der Waals surface area (Å²) in [6.45, 7) is 0. The largest absolute Gasteiger partial charge is 0.273 e. The molecule has 0 radical (unpaired) electrons. The van der Waals surface area contributed by atoms with Gasteiger partial charge < -0.3 is 0 Å². The highest BCUT2D eigenvalue weighted by atomic mass is 32.2. The summed E-state index contributed by atoms with van der Waals surface area (Å²) in [5.41, 5.74) is 3.13. The van der Waals surface area contributed by atoms with Gasteiger partial charge in [-0.1, -0.05) is 59.9 Å². The van der Waals surface area contributed by atoms with Crippen LogP contribution in [0.2, 0.25) is 0 Å². The summed E-state index contributed by atoms with van der Waals surface area (Å²) in [5, 5.41) is 9.85. The van der Waals surface area contributed by atoms with E-state index in [4.69, 9.17) is 4.98 Å². The van der Waals surface area contributed by atoms with Gasteiger partial charge in [0.2, 0.25) is 0 Å². The molecule has 0 spiro atoms. The molecule has 5 rings (SSSR count). The van der Waals surface area contributed by atoms with Crippen molar-refractivity contribution in [3.8, 4) is 5.69 Å². The molecule has 148 valence electrons. The molecule has 2 aromatic carbocycles. The van der Waals surface area contributed by atoms with E-state index in [1.807, 2.05) is 54.7 Å². The van der Waals surface area contributed by atoms with E-state index in [1.165, 1.54) is 4.70 Å². The highest BCUT2D eigenvalue weighted by Gasteiger charge is 2.16. The number of para-hydroxylation sites is 2. The Hall–Kier alpha value is -2.68.